The number of amides is 1. The smallest absolute Gasteiger partial charge is 0.357 e. The van der Waals surface area contributed by atoms with Crippen LogP contribution < -0.4 is 4.90 Å². The minimum Gasteiger partial charge on any atom is -0.461 e. The van der Waals surface area contributed by atoms with Crippen LogP contribution in [0.1, 0.15) is 30.8 Å². The first-order valence-electron chi connectivity index (χ1n) is 6.01. The van der Waals surface area contributed by atoms with Crippen molar-refractivity contribution >= 4 is 51.5 Å². The molecule has 1 fully saturated rings. The molecule has 5 nitrogen and oxygen atoms in total. The fraction of sp³-hybridized carbons (Fsp3) is 0.583. The summed E-state index contributed by atoms with van der Waals surface area (Å²) < 4.78 is 3.83. The van der Waals surface area contributed by atoms with E-state index in [2.05, 4.69) is 4.98 Å². The van der Waals surface area contributed by atoms with Crippen molar-refractivity contribution in [3.8, 4) is 0 Å². The molecule has 0 spiro atoms. The van der Waals surface area contributed by atoms with Gasteiger partial charge in [-0.25, -0.2) is 9.78 Å². The molecule has 0 bridgehead atoms. The molecule has 0 unspecified atom stereocenters. The summed E-state index contributed by atoms with van der Waals surface area (Å²) in [5.41, 5.74) is -0.615. The van der Waals surface area contributed by atoms with Gasteiger partial charge in [0.25, 0.3) is 0 Å². The van der Waals surface area contributed by atoms with Gasteiger partial charge in [0.1, 0.15) is 4.33 Å². The third kappa shape index (κ3) is 2.52. The molecule has 0 aromatic carbocycles. The number of anilines is 1. The summed E-state index contributed by atoms with van der Waals surface area (Å²) >= 11 is 13.2. The second kappa shape index (κ2) is 5.16. The Hall–Kier alpha value is -0.850. The van der Waals surface area contributed by atoms with Crippen molar-refractivity contribution in [3.63, 3.8) is 0 Å². The normalized spacial score (nSPS) is 23.2. The third-order valence-corrected chi connectivity index (χ3v) is 5.32. The predicted molar refractivity (Wildman–Crippen MR) is 78.6 cm³/mol. The van der Waals surface area contributed by atoms with E-state index in [1.807, 2.05) is 0 Å². The number of ether oxygens (including phenoxy) is 1. The van der Waals surface area contributed by atoms with E-state index in [-0.39, 0.29) is 18.2 Å². The van der Waals surface area contributed by atoms with Crippen LogP contribution in [-0.4, -0.2) is 34.8 Å². The maximum atomic E-state index is 12.4. The highest BCUT2D eigenvalue weighted by molar-refractivity contribution is 7.14. The Balaban J connectivity index is 2.13. The summed E-state index contributed by atoms with van der Waals surface area (Å²) in [4.78, 5) is 29.4. The van der Waals surface area contributed by atoms with Gasteiger partial charge < -0.3 is 4.74 Å². The lowest BCUT2D eigenvalue weighted by atomic mass is 10.1. The van der Waals surface area contributed by atoms with Gasteiger partial charge in [-0.05, 0) is 20.3 Å². The average molecular weight is 337 g/mol. The second-order valence-corrected chi connectivity index (χ2v) is 7.13. The number of halogens is 2. The summed E-state index contributed by atoms with van der Waals surface area (Å²) in [7, 11) is 1.59. The molecule has 20 heavy (non-hydrogen) atoms. The van der Waals surface area contributed by atoms with Crippen LogP contribution in [0.3, 0.4) is 0 Å². The number of carbonyl (C=O) groups is 2. The molecule has 0 aliphatic heterocycles. The van der Waals surface area contributed by atoms with Crippen molar-refractivity contribution in [1.29, 1.82) is 0 Å². The maximum absolute atomic E-state index is 12.4. The van der Waals surface area contributed by atoms with Gasteiger partial charge >= 0.3 is 5.97 Å². The highest BCUT2D eigenvalue weighted by atomic mass is 35.5. The predicted octanol–water partition coefficient (Wildman–Crippen LogP) is 2.87. The first kappa shape index (κ1) is 15.5. The summed E-state index contributed by atoms with van der Waals surface area (Å²) in [5.74, 6) is -0.718. The Labute approximate surface area is 130 Å². The van der Waals surface area contributed by atoms with Crippen LogP contribution in [0.4, 0.5) is 5.13 Å². The summed E-state index contributed by atoms with van der Waals surface area (Å²) in [6.07, 6.45) is 0.405. The van der Waals surface area contributed by atoms with Gasteiger partial charge in [0.2, 0.25) is 5.91 Å². The van der Waals surface area contributed by atoms with Gasteiger partial charge in [0.05, 0.1) is 12.0 Å². The molecule has 1 aliphatic rings. The third-order valence-electron chi connectivity index (χ3n) is 3.30. The van der Waals surface area contributed by atoms with Crippen LogP contribution in [0.15, 0.2) is 5.38 Å². The number of aromatic nitrogens is 1. The van der Waals surface area contributed by atoms with Crippen LogP contribution in [0.5, 0.6) is 0 Å². The van der Waals surface area contributed by atoms with Gasteiger partial charge in [0, 0.05) is 12.4 Å². The first-order chi connectivity index (χ1) is 9.23. The topological polar surface area (TPSA) is 59.5 Å². The van der Waals surface area contributed by atoms with Crippen molar-refractivity contribution in [3.05, 3.63) is 11.1 Å². The molecule has 0 saturated heterocycles. The Morgan fingerprint density at radius 3 is 2.65 bits per heavy atom. The highest BCUT2D eigenvalue weighted by Gasteiger charge is 2.68. The van der Waals surface area contributed by atoms with Crippen molar-refractivity contribution in [2.24, 2.45) is 5.41 Å². The first-order valence-corrected chi connectivity index (χ1v) is 7.65. The maximum Gasteiger partial charge on any atom is 0.357 e. The minimum absolute atomic E-state index is 0.190. The number of nitrogens with zero attached hydrogens (tertiary/aromatic N) is 2. The van der Waals surface area contributed by atoms with Crippen LogP contribution >= 0.6 is 34.5 Å². The number of carbonyl (C=O) groups excluding carboxylic acids is 2. The quantitative estimate of drug-likeness (QED) is 0.626. The van der Waals surface area contributed by atoms with E-state index in [0.717, 1.165) is 0 Å². The second-order valence-electron chi connectivity index (χ2n) is 4.81. The lowest BCUT2D eigenvalue weighted by Crippen LogP contribution is -2.35. The Morgan fingerprint density at radius 1 is 1.55 bits per heavy atom. The van der Waals surface area contributed by atoms with E-state index in [1.165, 1.54) is 16.2 Å². The van der Waals surface area contributed by atoms with Gasteiger partial charge in [0.15, 0.2) is 10.8 Å². The molecule has 1 atom stereocenters. The molecule has 1 aromatic heterocycles. The molecule has 8 heteroatoms. The Bertz CT molecular complexity index is 561. The molecule has 1 aromatic rings. The van der Waals surface area contributed by atoms with E-state index in [0.29, 0.717) is 11.6 Å². The zero-order valence-corrected chi connectivity index (χ0v) is 13.6. The van der Waals surface area contributed by atoms with Gasteiger partial charge in [-0.3, -0.25) is 9.69 Å². The zero-order valence-electron chi connectivity index (χ0n) is 11.3. The number of rotatable bonds is 4. The summed E-state index contributed by atoms with van der Waals surface area (Å²) in [6.45, 7) is 3.71. The number of alkyl halides is 2. The van der Waals surface area contributed by atoms with E-state index in [9.17, 15) is 9.59 Å². The molecule has 0 N–H and O–H groups in total. The molecule has 1 heterocycles. The summed E-state index contributed by atoms with van der Waals surface area (Å²) in [6, 6.07) is 0. The Morgan fingerprint density at radius 2 is 2.15 bits per heavy atom. The van der Waals surface area contributed by atoms with E-state index >= 15 is 0 Å². The summed E-state index contributed by atoms with van der Waals surface area (Å²) in [5, 5.41) is 1.97. The number of thiazole rings is 1. The van der Waals surface area contributed by atoms with Crippen LogP contribution in [0.2, 0.25) is 0 Å². The Kier molecular flexibility index (Phi) is 4.01. The molecular weight excluding hydrogens is 323 g/mol. The van der Waals surface area contributed by atoms with Gasteiger partial charge in [-0.1, -0.05) is 0 Å². The van der Waals surface area contributed by atoms with Gasteiger partial charge in [-0.15, -0.1) is 34.5 Å². The highest BCUT2D eigenvalue weighted by Crippen LogP contribution is 2.64. The molecule has 2 rings (SSSR count). The molecule has 1 amide bonds. The van der Waals surface area contributed by atoms with E-state index in [1.54, 1.807) is 26.3 Å². The van der Waals surface area contributed by atoms with E-state index < -0.39 is 15.7 Å². The number of esters is 1. The molecular formula is C12H14Cl2N2O3S. The monoisotopic (exact) mass is 336 g/mol. The molecule has 110 valence electrons. The zero-order chi connectivity index (χ0) is 15.1. The molecule has 1 aliphatic carbocycles. The SMILES string of the molecule is CCOC(=O)c1csc(N(C)C(=O)[C@@]2(C)CC2(Cl)Cl)n1. The lowest BCUT2D eigenvalue weighted by molar-refractivity contribution is -0.122. The van der Waals surface area contributed by atoms with E-state index in [4.69, 9.17) is 27.9 Å². The van der Waals surface area contributed by atoms with Crippen molar-refractivity contribution in [1.82, 2.24) is 4.98 Å². The van der Waals surface area contributed by atoms with Crippen LogP contribution in [0, 0.1) is 5.41 Å². The molecule has 0 radical (unpaired) electrons. The van der Waals surface area contributed by atoms with Gasteiger partial charge in [-0.2, -0.15) is 0 Å². The number of hydrogen-bond acceptors (Lipinski definition) is 5. The van der Waals surface area contributed by atoms with Crippen molar-refractivity contribution < 1.29 is 14.3 Å². The standard InChI is InChI=1S/C12H14Cl2N2O3S/c1-4-19-8(17)7-5-20-10(15-7)16(3)9(18)11(2)6-12(11,13)14/h5H,4,6H2,1-3H3/t11-/m1/s1. The largest absolute Gasteiger partial charge is 0.461 e. The molecule has 1 saturated carbocycles. The minimum atomic E-state index is -1.03. The van der Waals surface area contributed by atoms with Crippen LogP contribution in [-0.2, 0) is 9.53 Å². The van der Waals surface area contributed by atoms with Crippen molar-refractivity contribution in [2.45, 2.75) is 24.6 Å². The lowest BCUT2D eigenvalue weighted by Gasteiger charge is -2.19. The van der Waals surface area contributed by atoms with Crippen LogP contribution in [0.25, 0.3) is 0 Å². The fourth-order valence-corrected chi connectivity index (χ4v) is 3.26. The van der Waals surface area contributed by atoms with Crippen molar-refractivity contribution in [2.75, 3.05) is 18.6 Å². The number of hydrogen-bond donors (Lipinski definition) is 0. The average Bonchev–Trinajstić information content (AvgIpc) is 2.79. The fourth-order valence-electron chi connectivity index (χ4n) is 1.81.